The van der Waals surface area contributed by atoms with Crippen LogP contribution in [0.5, 0.6) is 0 Å². The molecule has 1 aromatic heterocycles. The second-order valence-corrected chi connectivity index (χ2v) is 9.70. The van der Waals surface area contributed by atoms with Crippen molar-refractivity contribution in [3.8, 4) is 0 Å². The number of likely N-dealkylation sites (tertiary alicyclic amines) is 1. The predicted molar refractivity (Wildman–Crippen MR) is 102 cm³/mol. The average molecular weight is 403 g/mol. The van der Waals surface area contributed by atoms with Gasteiger partial charge in [0.25, 0.3) is 6.43 Å². The van der Waals surface area contributed by atoms with E-state index in [-0.39, 0.29) is 17.9 Å². The number of carbonyl (C=O) groups is 1. The zero-order valence-electron chi connectivity index (χ0n) is 16.4. The molecular weight excluding hydrogens is 376 g/mol. The Morgan fingerprint density at radius 2 is 2.14 bits per heavy atom. The molecule has 1 N–H and O–H groups in total. The number of amides is 1. The van der Waals surface area contributed by atoms with Crippen molar-refractivity contribution in [3.05, 3.63) is 18.5 Å². The van der Waals surface area contributed by atoms with Crippen molar-refractivity contribution in [1.82, 2.24) is 19.7 Å². The van der Waals surface area contributed by atoms with Crippen LogP contribution in [0.3, 0.4) is 0 Å². The van der Waals surface area contributed by atoms with Gasteiger partial charge in [-0.05, 0) is 61.7 Å². The zero-order chi connectivity index (χ0) is 19.8. The Labute approximate surface area is 168 Å². The number of halogens is 2. The van der Waals surface area contributed by atoms with Gasteiger partial charge in [-0.15, -0.1) is 0 Å². The smallest absolute Gasteiger partial charge is 0.260 e. The number of nitrogens with one attached hydrogen (secondary N) is 1. The highest BCUT2D eigenvalue weighted by molar-refractivity contribution is 5.80. The van der Waals surface area contributed by atoms with E-state index in [0.29, 0.717) is 42.1 Å². The summed E-state index contributed by atoms with van der Waals surface area (Å²) in [6, 6.07) is -1.05. The Hall–Kier alpha value is -1.99. The molecule has 2 bridgehead atoms. The lowest BCUT2D eigenvalue weighted by atomic mass is 9.84. The first-order valence-corrected chi connectivity index (χ1v) is 11.0. The van der Waals surface area contributed by atoms with Crippen molar-refractivity contribution in [2.24, 2.45) is 29.1 Å². The number of carbonyl (C=O) groups excluding carboxylic acids is 1. The van der Waals surface area contributed by atoms with Crippen LogP contribution in [0.4, 0.5) is 14.7 Å². The summed E-state index contributed by atoms with van der Waals surface area (Å²) in [5, 5.41) is 7.29. The first kappa shape index (κ1) is 17.8. The van der Waals surface area contributed by atoms with E-state index in [2.05, 4.69) is 27.6 Å². The molecule has 6 atom stereocenters. The molecule has 8 heteroatoms. The lowest BCUT2D eigenvalue weighted by Crippen LogP contribution is -2.50. The molecule has 5 aliphatic rings. The van der Waals surface area contributed by atoms with Crippen molar-refractivity contribution in [2.45, 2.75) is 57.0 Å². The van der Waals surface area contributed by atoms with Crippen LogP contribution in [0.2, 0.25) is 0 Å². The molecule has 29 heavy (non-hydrogen) atoms. The molecule has 3 fully saturated rings. The number of alkyl halides is 2. The van der Waals surface area contributed by atoms with Crippen LogP contribution in [0.1, 0.15) is 44.6 Å². The Morgan fingerprint density at radius 1 is 1.28 bits per heavy atom. The molecule has 1 spiro atoms. The number of nitrogens with zero attached hydrogens (tertiary/aromatic N) is 4. The fourth-order valence-electron chi connectivity index (χ4n) is 6.73. The molecule has 1 aromatic rings. The second-order valence-electron chi connectivity index (χ2n) is 9.70. The molecule has 2 aliphatic heterocycles. The monoisotopic (exact) mass is 403 g/mol. The summed E-state index contributed by atoms with van der Waals surface area (Å²) in [7, 11) is 0. The molecule has 1 saturated heterocycles. The van der Waals surface area contributed by atoms with Gasteiger partial charge in [0.1, 0.15) is 12.4 Å². The molecule has 2 saturated carbocycles. The molecule has 0 unspecified atom stereocenters. The van der Waals surface area contributed by atoms with Crippen molar-refractivity contribution in [2.75, 3.05) is 18.4 Å². The molecule has 156 valence electrons. The van der Waals surface area contributed by atoms with Crippen molar-refractivity contribution in [1.29, 1.82) is 0 Å². The first-order valence-electron chi connectivity index (χ1n) is 11.0. The molecular formula is C21H27F2N5O. The van der Waals surface area contributed by atoms with E-state index < -0.39 is 12.5 Å². The molecule has 0 radical (unpaired) electrons. The van der Waals surface area contributed by atoms with Crippen molar-refractivity contribution in [3.63, 3.8) is 0 Å². The number of hydrogen-bond acceptors (Lipinski definition) is 4. The SMILES string of the molecule is O=C([C@@H]1C[C@@H]2C=C[C@@H]1C21CC1)N1CCC[C@@H]([C@@H]2C[C@H](C(F)F)n3ncnc3N2)C1. The standard InChI is InChI=1S/C21H27F2N5O/c22-18(23)17-9-16(26-20-24-11-25-28(17)20)12-2-1-7-27(10-12)19(29)14-8-13-3-4-15(14)21(13)5-6-21/h3-4,11-18H,1-2,5-10H2,(H,24,25,26)/t12-,13+,14-,15+,16+,17-/m1/s1. The Kier molecular flexibility index (Phi) is 3.84. The number of fused-ring (bicyclic) bond motifs is 1. The van der Waals surface area contributed by atoms with Crippen LogP contribution in [0.25, 0.3) is 0 Å². The Balaban J connectivity index is 1.17. The summed E-state index contributed by atoms with van der Waals surface area (Å²) < 4.78 is 28.5. The van der Waals surface area contributed by atoms with Crippen LogP contribution in [-0.4, -0.2) is 51.1 Å². The summed E-state index contributed by atoms with van der Waals surface area (Å²) in [6.45, 7) is 1.45. The maximum atomic E-state index is 13.6. The number of hydrogen-bond donors (Lipinski definition) is 1. The van der Waals surface area contributed by atoms with Gasteiger partial charge >= 0.3 is 0 Å². The third kappa shape index (κ3) is 2.60. The van der Waals surface area contributed by atoms with Crippen LogP contribution in [0, 0.1) is 29.1 Å². The average Bonchev–Trinajstić information content (AvgIpc) is 3.14. The minimum absolute atomic E-state index is 0.101. The number of allylic oxidation sites excluding steroid dienone is 2. The van der Waals surface area contributed by atoms with Gasteiger partial charge in [-0.1, -0.05) is 12.2 Å². The normalized spacial score (nSPS) is 39.1. The summed E-state index contributed by atoms with van der Waals surface area (Å²) in [4.78, 5) is 19.5. The highest BCUT2D eigenvalue weighted by Crippen LogP contribution is 2.70. The van der Waals surface area contributed by atoms with Gasteiger partial charge in [0, 0.05) is 25.0 Å². The van der Waals surface area contributed by atoms with Gasteiger partial charge in [-0.25, -0.2) is 13.5 Å². The van der Waals surface area contributed by atoms with E-state index in [0.717, 1.165) is 25.8 Å². The van der Waals surface area contributed by atoms with Gasteiger partial charge < -0.3 is 10.2 Å². The molecule has 3 heterocycles. The predicted octanol–water partition coefficient (Wildman–Crippen LogP) is 3.11. The van der Waals surface area contributed by atoms with E-state index in [1.807, 2.05) is 4.90 Å². The third-order valence-electron chi connectivity index (χ3n) is 8.37. The van der Waals surface area contributed by atoms with Gasteiger partial charge in [-0.3, -0.25) is 4.79 Å². The van der Waals surface area contributed by atoms with Crippen LogP contribution in [0.15, 0.2) is 18.5 Å². The number of aromatic nitrogens is 3. The fourth-order valence-corrected chi connectivity index (χ4v) is 6.73. The largest absolute Gasteiger partial charge is 0.351 e. The number of anilines is 1. The zero-order valence-corrected chi connectivity index (χ0v) is 16.4. The second kappa shape index (κ2) is 6.25. The van der Waals surface area contributed by atoms with Crippen molar-refractivity contribution >= 4 is 11.9 Å². The topological polar surface area (TPSA) is 63.1 Å². The maximum absolute atomic E-state index is 13.6. The van der Waals surface area contributed by atoms with Gasteiger partial charge in [0.05, 0.1) is 0 Å². The van der Waals surface area contributed by atoms with Gasteiger partial charge in [0.15, 0.2) is 0 Å². The van der Waals surface area contributed by atoms with E-state index in [4.69, 9.17) is 0 Å². The molecule has 3 aliphatic carbocycles. The van der Waals surface area contributed by atoms with E-state index in [1.165, 1.54) is 23.9 Å². The maximum Gasteiger partial charge on any atom is 0.260 e. The lowest BCUT2D eigenvalue weighted by Gasteiger charge is -2.41. The summed E-state index contributed by atoms with van der Waals surface area (Å²) in [5.74, 6) is 2.03. The summed E-state index contributed by atoms with van der Waals surface area (Å²) in [5.41, 5.74) is 0.412. The van der Waals surface area contributed by atoms with E-state index >= 15 is 0 Å². The van der Waals surface area contributed by atoms with Crippen LogP contribution < -0.4 is 5.32 Å². The lowest BCUT2D eigenvalue weighted by molar-refractivity contribution is -0.138. The fraction of sp³-hybridized carbons (Fsp3) is 0.762. The molecule has 6 nitrogen and oxygen atoms in total. The quantitative estimate of drug-likeness (QED) is 0.788. The van der Waals surface area contributed by atoms with Crippen molar-refractivity contribution < 1.29 is 13.6 Å². The molecule has 6 rings (SSSR count). The Bertz CT molecular complexity index is 850. The third-order valence-corrected chi connectivity index (χ3v) is 8.37. The Morgan fingerprint density at radius 3 is 2.90 bits per heavy atom. The van der Waals surface area contributed by atoms with Crippen LogP contribution in [-0.2, 0) is 4.79 Å². The highest BCUT2D eigenvalue weighted by atomic mass is 19.3. The minimum atomic E-state index is -2.48. The minimum Gasteiger partial charge on any atom is -0.351 e. The van der Waals surface area contributed by atoms with Gasteiger partial charge in [-0.2, -0.15) is 10.1 Å². The van der Waals surface area contributed by atoms with Crippen LogP contribution >= 0.6 is 0 Å². The first-order chi connectivity index (χ1) is 14.1. The van der Waals surface area contributed by atoms with E-state index in [9.17, 15) is 13.6 Å². The summed E-state index contributed by atoms with van der Waals surface area (Å²) >= 11 is 0. The summed E-state index contributed by atoms with van der Waals surface area (Å²) in [6.07, 6.45) is 9.23. The highest BCUT2D eigenvalue weighted by Gasteiger charge is 2.64. The number of rotatable bonds is 3. The molecule has 0 aromatic carbocycles. The van der Waals surface area contributed by atoms with Gasteiger partial charge in [0.2, 0.25) is 11.9 Å². The van der Waals surface area contributed by atoms with E-state index in [1.54, 1.807) is 0 Å². The molecule has 1 amide bonds. The number of piperidine rings is 1.